The van der Waals surface area contributed by atoms with E-state index in [1.165, 1.54) is 43.7 Å². The molecule has 3 aliphatic rings. The average molecular weight is 337 g/mol. The summed E-state index contributed by atoms with van der Waals surface area (Å²) in [6.07, 6.45) is 7.76. The number of rotatable bonds is 5. The van der Waals surface area contributed by atoms with Crippen molar-refractivity contribution in [3.63, 3.8) is 0 Å². The average Bonchev–Trinajstić information content (AvgIpc) is 2.59. The van der Waals surface area contributed by atoms with Gasteiger partial charge in [-0.2, -0.15) is 0 Å². The largest absolute Gasteiger partial charge is 0.465 e. The maximum absolute atomic E-state index is 12.0. The molecule has 3 atom stereocenters. The first-order valence-corrected chi connectivity index (χ1v) is 9.48. The normalized spacial score (nSPS) is 30.8. The Kier molecular flexibility index (Phi) is 5.87. The SMILES string of the molecule is O=C(CCN1C(=O)CCCC1=O)OC[C@H]1CCC[NH+]2CCCC[C@@H]12. The van der Waals surface area contributed by atoms with Crippen LogP contribution in [0, 0.1) is 5.92 Å². The standard InChI is InChI=1S/C18H28N2O4/c21-16-7-3-8-17(22)20(16)12-9-18(23)24-13-14-5-4-11-19-10-2-1-6-15(14)19/h14-15H,1-13H2/p+1/t14-,15+/m1/s1. The predicted molar refractivity (Wildman–Crippen MR) is 87.2 cm³/mol. The number of fused-ring (bicyclic) bond motifs is 1. The van der Waals surface area contributed by atoms with E-state index in [9.17, 15) is 14.4 Å². The Morgan fingerprint density at radius 3 is 2.58 bits per heavy atom. The molecule has 3 heterocycles. The molecule has 0 aromatic heterocycles. The second-order valence-electron chi connectivity index (χ2n) is 7.39. The molecule has 3 rings (SSSR count). The molecule has 0 aliphatic carbocycles. The number of nitrogens with zero attached hydrogens (tertiary/aromatic N) is 1. The molecular weight excluding hydrogens is 308 g/mol. The molecule has 6 heteroatoms. The molecule has 3 saturated heterocycles. The lowest BCUT2D eigenvalue weighted by Gasteiger charge is -2.41. The third-order valence-corrected chi connectivity index (χ3v) is 5.81. The van der Waals surface area contributed by atoms with E-state index in [2.05, 4.69) is 0 Å². The summed E-state index contributed by atoms with van der Waals surface area (Å²) in [5.41, 5.74) is 0. The number of hydrogen-bond donors (Lipinski definition) is 1. The monoisotopic (exact) mass is 337 g/mol. The summed E-state index contributed by atoms with van der Waals surface area (Å²) in [7, 11) is 0. The number of imide groups is 1. The van der Waals surface area contributed by atoms with Gasteiger partial charge in [0.1, 0.15) is 0 Å². The van der Waals surface area contributed by atoms with E-state index in [1.54, 1.807) is 4.90 Å². The fraction of sp³-hybridized carbons (Fsp3) is 0.833. The van der Waals surface area contributed by atoms with Crippen LogP contribution in [0.15, 0.2) is 0 Å². The minimum Gasteiger partial charge on any atom is -0.465 e. The number of ether oxygens (including phenoxy) is 1. The summed E-state index contributed by atoms with van der Waals surface area (Å²) in [6.45, 7) is 3.18. The van der Waals surface area contributed by atoms with Gasteiger partial charge in [-0.3, -0.25) is 19.3 Å². The minimum atomic E-state index is -0.288. The van der Waals surface area contributed by atoms with Crippen LogP contribution in [0.3, 0.4) is 0 Å². The summed E-state index contributed by atoms with van der Waals surface area (Å²) in [6, 6.07) is 0.644. The molecular formula is C18H29N2O4+. The van der Waals surface area contributed by atoms with E-state index in [-0.39, 0.29) is 30.7 Å². The van der Waals surface area contributed by atoms with Crippen molar-refractivity contribution in [1.82, 2.24) is 4.90 Å². The van der Waals surface area contributed by atoms with Gasteiger partial charge in [0.2, 0.25) is 11.8 Å². The number of hydrogen-bond acceptors (Lipinski definition) is 4. The second-order valence-corrected chi connectivity index (χ2v) is 7.39. The highest BCUT2D eigenvalue weighted by molar-refractivity contribution is 5.97. The molecule has 0 spiro atoms. The van der Waals surface area contributed by atoms with Gasteiger partial charge in [0.25, 0.3) is 0 Å². The number of carbonyl (C=O) groups is 3. The van der Waals surface area contributed by atoms with Crippen LogP contribution in [0.25, 0.3) is 0 Å². The van der Waals surface area contributed by atoms with Gasteiger partial charge in [-0.1, -0.05) is 0 Å². The summed E-state index contributed by atoms with van der Waals surface area (Å²) in [5.74, 6) is -0.138. The number of likely N-dealkylation sites (tertiary alicyclic amines) is 1. The molecule has 2 amide bonds. The van der Waals surface area contributed by atoms with Gasteiger partial charge >= 0.3 is 5.97 Å². The summed E-state index contributed by atoms with van der Waals surface area (Å²) in [4.78, 5) is 38.4. The summed E-state index contributed by atoms with van der Waals surface area (Å²) in [5, 5.41) is 0. The van der Waals surface area contributed by atoms with Crippen molar-refractivity contribution in [3.8, 4) is 0 Å². The molecule has 1 N–H and O–H groups in total. The van der Waals surface area contributed by atoms with Crippen LogP contribution in [-0.4, -0.2) is 55.0 Å². The molecule has 3 fully saturated rings. The lowest BCUT2D eigenvalue weighted by molar-refractivity contribution is -0.940. The molecule has 0 aromatic rings. The van der Waals surface area contributed by atoms with Crippen LogP contribution in [0.4, 0.5) is 0 Å². The molecule has 0 saturated carbocycles. The molecule has 1 unspecified atom stereocenters. The maximum atomic E-state index is 12.0. The molecule has 0 bridgehead atoms. The fourth-order valence-electron chi connectivity index (χ4n) is 4.50. The van der Waals surface area contributed by atoms with Crippen molar-refractivity contribution in [2.24, 2.45) is 5.92 Å². The number of carbonyl (C=O) groups excluding carboxylic acids is 3. The molecule has 134 valence electrons. The molecule has 24 heavy (non-hydrogen) atoms. The first-order valence-electron chi connectivity index (χ1n) is 9.48. The summed E-state index contributed by atoms with van der Waals surface area (Å²) >= 11 is 0. The van der Waals surface area contributed by atoms with Crippen molar-refractivity contribution in [2.75, 3.05) is 26.2 Å². The van der Waals surface area contributed by atoms with E-state index in [4.69, 9.17) is 4.74 Å². The highest BCUT2D eigenvalue weighted by atomic mass is 16.5. The maximum Gasteiger partial charge on any atom is 0.307 e. The molecule has 6 nitrogen and oxygen atoms in total. The quantitative estimate of drug-likeness (QED) is 0.579. The Balaban J connectivity index is 1.42. The smallest absolute Gasteiger partial charge is 0.307 e. The molecule has 0 radical (unpaired) electrons. The van der Waals surface area contributed by atoms with Gasteiger partial charge < -0.3 is 9.64 Å². The number of nitrogens with one attached hydrogen (secondary N) is 1. The van der Waals surface area contributed by atoms with Gasteiger partial charge in [-0.15, -0.1) is 0 Å². The van der Waals surface area contributed by atoms with Gasteiger partial charge in [0.15, 0.2) is 0 Å². The first kappa shape index (κ1) is 17.4. The Morgan fingerprint density at radius 1 is 1.04 bits per heavy atom. The topological polar surface area (TPSA) is 68.1 Å². The zero-order chi connectivity index (χ0) is 16.9. The van der Waals surface area contributed by atoms with Crippen molar-refractivity contribution >= 4 is 17.8 Å². The van der Waals surface area contributed by atoms with Crippen LogP contribution in [0.2, 0.25) is 0 Å². The van der Waals surface area contributed by atoms with E-state index in [0.29, 0.717) is 37.8 Å². The molecule has 0 aromatic carbocycles. The number of quaternary nitrogens is 1. The Hall–Kier alpha value is -1.43. The van der Waals surface area contributed by atoms with Crippen LogP contribution in [0.1, 0.15) is 57.8 Å². The fourth-order valence-corrected chi connectivity index (χ4v) is 4.50. The Bertz CT molecular complexity index is 475. The zero-order valence-corrected chi connectivity index (χ0v) is 14.4. The number of esters is 1. The van der Waals surface area contributed by atoms with Crippen molar-refractivity contribution < 1.29 is 24.0 Å². The van der Waals surface area contributed by atoms with Crippen LogP contribution < -0.4 is 4.90 Å². The van der Waals surface area contributed by atoms with E-state index in [0.717, 1.165) is 6.42 Å². The van der Waals surface area contributed by atoms with Gasteiger partial charge in [0, 0.05) is 25.3 Å². The Labute approximate surface area is 143 Å². The summed E-state index contributed by atoms with van der Waals surface area (Å²) < 4.78 is 5.49. The molecule has 3 aliphatic heterocycles. The van der Waals surface area contributed by atoms with E-state index >= 15 is 0 Å². The van der Waals surface area contributed by atoms with E-state index < -0.39 is 0 Å². The minimum absolute atomic E-state index is 0.117. The van der Waals surface area contributed by atoms with Gasteiger partial charge in [0.05, 0.1) is 32.2 Å². The van der Waals surface area contributed by atoms with Gasteiger partial charge in [-0.25, -0.2) is 0 Å². The highest BCUT2D eigenvalue weighted by Gasteiger charge is 2.37. The zero-order valence-electron chi connectivity index (χ0n) is 14.4. The highest BCUT2D eigenvalue weighted by Crippen LogP contribution is 2.21. The number of amides is 2. The third kappa shape index (κ3) is 4.15. The lowest BCUT2D eigenvalue weighted by atomic mass is 9.84. The predicted octanol–water partition coefficient (Wildman–Crippen LogP) is 0.306. The third-order valence-electron chi connectivity index (χ3n) is 5.81. The van der Waals surface area contributed by atoms with Crippen LogP contribution in [0.5, 0.6) is 0 Å². The van der Waals surface area contributed by atoms with Gasteiger partial charge in [-0.05, 0) is 38.5 Å². The van der Waals surface area contributed by atoms with Crippen molar-refractivity contribution in [2.45, 2.75) is 63.8 Å². The van der Waals surface area contributed by atoms with Crippen molar-refractivity contribution in [1.29, 1.82) is 0 Å². The van der Waals surface area contributed by atoms with Crippen LogP contribution in [-0.2, 0) is 19.1 Å². The van der Waals surface area contributed by atoms with Crippen molar-refractivity contribution in [3.05, 3.63) is 0 Å². The second kappa shape index (κ2) is 8.10. The van der Waals surface area contributed by atoms with Crippen LogP contribution >= 0.6 is 0 Å². The number of piperidine rings is 3. The Morgan fingerprint density at radius 2 is 1.79 bits per heavy atom. The van der Waals surface area contributed by atoms with E-state index in [1.807, 2.05) is 0 Å². The first-order chi connectivity index (χ1) is 11.6. The lowest BCUT2D eigenvalue weighted by Crippen LogP contribution is -3.18.